The third-order valence-corrected chi connectivity index (χ3v) is 3.18. The zero-order chi connectivity index (χ0) is 14.5. The normalized spacial score (nSPS) is 10.1. The number of para-hydroxylation sites is 1. The molecule has 5 heteroatoms. The Labute approximate surface area is 122 Å². The lowest BCUT2D eigenvalue weighted by molar-refractivity contribution is 0.0601. The van der Waals surface area contributed by atoms with E-state index in [1.54, 1.807) is 24.3 Å². The van der Waals surface area contributed by atoms with Gasteiger partial charge < -0.3 is 15.2 Å². The van der Waals surface area contributed by atoms with Crippen molar-refractivity contribution in [3.63, 3.8) is 0 Å². The maximum Gasteiger partial charge on any atom is 0.340 e. The zero-order valence-corrected chi connectivity index (χ0v) is 11.7. The minimum atomic E-state index is -0.495. The minimum absolute atomic E-state index is 0.256. The molecule has 0 aromatic heterocycles. The van der Waals surface area contributed by atoms with Gasteiger partial charge in [0.2, 0.25) is 0 Å². The van der Waals surface area contributed by atoms with Crippen molar-refractivity contribution < 1.29 is 14.3 Å². The second-order valence-corrected chi connectivity index (χ2v) is 4.50. The topological polar surface area (TPSA) is 61.5 Å². The van der Waals surface area contributed by atoms with Gasteiger partial charge in [-0.15, -0.1) is 0 Å². The molecule has 0 aliphatic carbocycles. The van der Waals surface area contributed by atoms with Gasteiger partial charge in [-0.05, 0) is 18.2 Å². The third kappa shape index (κ3) is 3.03. The molecule has 4 nitrogen and oxygen atoms in total. The number of hydrogen-bond acceptors (Lipinski definition) is 4. The summed E-state index contributed by atoms with van der Waals surface area (Å²) in [6, 6.07) is 12.3. The Morgan fingerprint density at radius 1 is 1.20 bits per heavy atom. The van der Waals surface area contributed by atoms with Crippen LogP contribution >= 0.6 is 11.6 Å². The van der Waals surface area contributed by atoms with Crippen LogP contribution in [-0.4, -0.2) is 13.1 Å². The van der Waals surface area contributed by atoms with Gasteiger partial charge in [0.15, 0.2) is 0 Å². The molecule has 0 atom stereocenters. The van der Waals surface area contributed by atoms with Crippen molar-refractivity contribution in [2.75, 3.05) is 12.8 Å². The molecule has 0 aliphatic heterocycles. The SMILES string of the molecule is COC(=O)c1cccc(OCc2ccccc2Cl)c1N. The van der Waals surface area contributed by atoms with E-state index in [4.69, 9.17) is 22.1 Å². The Bertz CT molecular complexity index is 628. The lowest BCUT2D eigenvalue weighted by Gasteiger charge is -2.12. The number of benzene rings is 2. The summed E-state index contributed by atoms with van der Waals surface area (Å²) in [7, 11) is 1.30. The standard InChI is InChI=1S/C15H14ClNO3/c1-19-15(18)11-6-4-8-13(14(11)17)20-9-10-5-2-3-7-12(10)16/h2-8H,9,17H2,1H3. The molecule has 2 aromatic rings. The van der Waals surface area contributed by atoms with E-state index in [1.165, 1.54) is 7.11 Å². The number of nitrogen functional groups attached to an aromatic ring is 1. The van der Waals surface area contributed by atoms with Gasteiger partial charge in [-0.3, -0.25) is 0 Å². The predicted octanol–water partition coefficient (Wildman–Crippen LogP) is 3.29. The van der Waals surface area contributed by atoms with Crippen LogP contribution in [0.25, 0.3) is 0 Å². The Morgan fingerprint density at radius 2 is 1.95 bits per heavy atom. The number of hydrogen-bond donors (Lipinski definition) is 1. The first-order valence-corrected chi connectivity index (χ1v) is 6.34. The highest BCUT2D eigenvalue weighted by molar-refractivity contribution is 6.31. The van der Waals surface area contributed by atoms with Crippen LogP contribution in [0.15, 0.2) is 42.5 Å². The summed E-state index contributed by atoms with van der Waals surface area (Å²) >= 11 is 6.05. The molecule has 0 saturated carbocycles. The second kappa shape index (κ2) is 6.30. The molecule has 0 saturated heterocycles. The highest BCUT2D eigenvalue weighted by Gasteiger charge is 2.13. The Kier molecular flexibility index (Phi) is 4.48. The van der Waals surface area contributed by atoms with E-state index in [1.807, 2.05) is 18.2 Å². The first-order valence-electron chi connectivity index (χ1n) is 5.96. The molecule has 0 fully saturated rings. The highest BCUT2D eigenvalue weighted by atomic mass is 35.5. The maximum atomic E-state index is 11.5. The van der Waals surface area contributed by atoms with Crippen molar-refractivity contribution in [1.29, 1.82) is 0 Å². The number of anilines is 1. The van der Waals surface area contributed by atoms with Gasteiger partial charge in [0.25, 0.3) is 0 Å². The summed E-state index contributed by atoms with van der Waals surface area (Å²) in [4.78, 5) is 11.5. The van der Waals surface area contributed by atoms with Crippen molar-refractivity contribution in [3.05, 3.63) is 58.6 Å². The molecule has 0 bridgehead atoms. The van der Waals surface area contributed by atoms with Gasteiger partial charge in [-0.25, -0.2) is 4.79 Å². The average Bonchev–Trinajstić information content (AvgIpc) is 2.47. The molecule has 2 rings (SSSR count). The first-order chi connectivity index (χ1) is 9.63. The monoisotopic (exact) mass is 291 g/mol. The number of esters is 1. The van der Waals surface area contributed by atoms with Crippen LogP contribution in [0.4, 0.5) is 5.69 Å². The summed E-state index contributed by atoms with van der Waals surface area (Å²) < 4.78 is 10.3. The summed E-state index contributed by atoms with van der Waals surface area (Å²) in [5, 5.41) is 0.621. The van der Waals surface area contributed by atoms with Crippen LogP contribution < -0.4 is 10.5 Å². The van der Waals surface area contributed by atoms with Crippen molar-refractivity contribution in [1.82, 2.24) is 0 Å². The minimum Gasteiger partial charge on any atom is -0.487 e. The number of carbonyl (C=O) groups excluding carboxylic acids is 1. The van der Waals surface area contributed by atoms with Crippen LogP contribution in [0.5, 0.6) is 5.75 Å². The number of carbonyl (C=O) groups is 1. The van der Waals surface area contributed by atoms with Gasteiger partial charge in [0, 0.05) is 10.6 Å². The smallest absolute Gasteiger partial charge is 0.340 e. The van der Waals surface area contributed by atoms with Crippen LogP contribution in [0.2, 0.25) is 5.02 Å². The van der Waals surface area contributed by atoms with E-state index in [0.29, 0.717) is 10.8 Å². The predicted molar refractivity (Wildman–Crippen MR) is 78.0 cm³/mol. The van der Waals surface area contributed by atoms with Gasteiger partial charge in [-0.2, -0.15) is 0 Å². The molecule has 0 amide bonds. The molecule has 0 spiro atoms. The number of nitrogens with two attached hydrogens (primary N) is 1. The van der Waals surface area contributed by atoms with E-state index < -0.39 is 5.97 Å². The molecule has 0 aliphatic rings. The van der Waals surface area contributed by atoms with Crippen LogP contribution in [0.1, 0.15) is 15.9 Å². The summed E-state index contributed by atoms with van der Waals surface area (Å²) in [5.41, 5.74) is 7.29. The fraction of sp³-hybridized carbons (Fsp3) is 0.133. The van der Waals surface area contributed by atoms with Crippen LogP contribution in [0, 0.1) is 0 Å². The number of methoxy groups -OCH3 is 1. The summed E-state index contributed by atoms with van der Waals surface area (Å²) in [5.74, 6) is -0.0708. The Balaban J connectivity index is 2.18. The average molecular weight is 292 g/mol. The molecule has 20 heavy (non-hydrogen) atoms. The van der Waals surface area contributed by atoms with E-state index in [9.17, 15) is 4.79 Å². The number of halogens is 1. The molecule has 104 valence electrons. The maximum absolute atomic E-state index is 11.5. The van der Waals surface area contributed by atoms with Crippen molar-refractivity contribution in [2.24, 2.45) is 0 Å². The summed E-state index contributed by atoms with van der Waals surface area (Å²) in [6.45, 7) is 0.272. The van der Waals surface area contributed by atoms with E-state index in [-0.39, 0.29) is 17.9 Å². The fourth-order valence-corrected chi connectivity index (χ4v) is 1.92. The van der Waals surface area contributed by atoms with Gasteiger partial charge in [-0.1, -0.05) is 35.9 Å². The summed E-state index contributed by atoms with van der Waals surface area (Å²) in [6.07, 6.45) is 0. The highest BCUT2D eigenvalue weighted by Crippen LogP contribution is 2.27. The molecule has 2 aromatic carbocycles. The molecule has 2 N–H and O–H groups in total. The van der Waals surface area contributed by atoms with Crippen molar-refractivity contribution >= 4 is 23.3 Å². The molecular weight excluding hydrogens is 278 g/mol. The Hall–Kier alpha value is -2.20. The zero-order valence-electron chi connectivity index (χ0n) is 10.9. The van der Waals surface area contributed by atoms with E-state index in [0.717, 1.165) is 5.56 Å². The fourth-order valence-electron chi connectivity index (χ4n) is 1.73. The molecular formula is C15H14ClNO3. The largest absolute Gasteiger partial charge is 0.487 e. The quantitative estimate of drug-likeness (QED) is 0.693. The van der Waals surface area contributed by atoms with Gasteiger partial charge in [0.05, 0.1) is 18.4 Å². The lowest BCUT2D eigenvalue weighted by atomic mass is 10.1. The van der Waals surface area contributed by atoms with E-state index in [2.05, 4.69) is 4.74 Å². The molecule has 0 radical (unpaired) electrons. The molecule has 0 unspecified atom stereocenters. The van der Waals surface area contributed by atoms with Gasteiger partial charge in [0.1, 0.15) is 12.4 Å². The lowest BCUT2D eigenvalue weighted by Crippen LogP contribution is -2.07. The third-order valence-electron chi connectivity index (χ3n) is 2.81. The van der Waals surface area contributed by atoms with Crippen molar-refractivity contribution in [2.45, 2.75) is 6.61 Å². The van der Waals surface area contributed by atoms with Crippen LogP contribution in [-0.2, 0) is 11.3 Å². The van der Waals surface area contributed by atoms with Gasteiger partial charge >= 0.3 is 5.97 Å². The van der Waals surface area contributed by atoms with Crippen LogP contribution in [0.3, 0.4) is 0 Å². The van der Waals surface area contributed by atoms with Crippen molar-refractivity contribution in [3.8, 4) is 5.75 Å². The number of rotatable bonds is 4. The Morgan fingerprint density at radius 3 is 2.65 bits per heavy atom. The number of ether oxygens (including phenoxy) is 2. The van der Waals surface area contributed by atoms with E-state index >= 15 is 0 Å². The molecule has 0 heterocycles. The second-order valence-electron chi connectivity index (χ2n) is 4.09. The first kappa shape index (κ1) is 14.2.